The van der Waals surface area contributed by atoms with Gasteiger partial charge in [-0.3, -0.25) is 0 Å². The molecule has 0 radical (unpaired) electrons. The summed E-state index contributed by atoms with van der Waals surface area (Å²) < 4.78 is 11.9. The molecule has 0 spiro atoms. The maximum absolute atomic E-state index is 6.47. The lowest BCUT2D eigenvalue weighted by atomic mass is 9.87. The van der Waals surface area contributed by atoms with E-state index in [0.717, 1.165) is 43.7 Å². The highest BCUT2D eigenvalue weighted by atomic mass is 16.5. The van der Waals surface area contributed by atoms with Crippen molar-refractivity contribution >= 4 is 10.8 Å². The summed E-state index contributed by atoms with van der Waals surface area (Å²) in [5.41, 5.74) is 4.79. The number of nitrogens with zero attached hydrogens (tertiary/aromatic N) is 2. The molecular weight excluding hydrogens is 458 g/mol. The summed E-state index contributed by atoms with van der Waals surface area (Å²) >= 11 is 0. The van der Waals surface area contributed by atoms with E-state index in [9.17, 15) is 0 Å². The lowest BCUT2D eigenvalue weighted by Crippen LogP contribution is -2.40. The molecule has 1 aromatic heterocycles. The second kappa shape index (κ2) is 11.1. The highest BCUT2D eigenvalue weighted by molar-refractivity contribution is 5.82. The summed E-state index contributed by atoms with van der Waals surface area (Å²) in [6.45, 7) is 2.52. The number of nitrogens with one attached hydrogen (secondary N) is 1. The average Bonchev–Trinajstić information content (AvgIpc) is 3.45. The minimum absolute atomic E-state index is 0.154. The van der Waals surface area contributed by atoms with E-state index in [-0.39, 0.29) is 6.10 Å². The fourth-order valence-electron chi connectivity index (χ4n) is 5.16. The molecule has 1 fully saturated rings. The van der Waals surface area contributed by atoms with Crippen molar-refractivity contribution in [1.82, 2.24) is 15.5 Å². The Bertz CT molecular complexity index is 1450. The Morgan fingerprint density at radius 1 is 0.811 bits per heavy atom. The SMILES string of the molecule is c1ccc(-c2nc(CCc3ccc(C4CCNCC4OCc4ccc5ccccc5c4)cc3)no2)cc1. The fourth-order valence-corrected chi connectivity index (χ4v) is 5.16. The first-order chi connectivity index (χ1) is 18.3. The maximum Gasteiger partial charge on any atom is 0.257 e. The van der Waals surface area contributed by atoms with Crippen LogP contribution in [0.15, 0.2) is 102 Å². The molecule has 0 aliphatic carbocycles. The second-order valence-corrected chi connectivity index (χ2v) is 9.75. The molecule has 5 aromatic rings. The molecule has 1 aliphatic heterocycles. The summed E-state index contributed by atoms with van der Waals surface area (Å²) in [6.07, 6.45) is 2.86. The van der Waals surface area contributed by atoms with Crippen LogP contribution in [0.2, 0.25) is 0 Å². The Morgan fingerprint density at radius 3 is 2.46 bits per heavy atom. The van der Waals surface area contributed by atoms with Gasteiger partial charge in [-0.05, 0) is 65.0 Å². The molecule has 5 nitrogen and oxygen atoms in total. The summed E-state index contributed by atoms with van der Waals surface area (Å²) in [5, 5.41) is 10.2. The monoisotopic (exact) mass is 489 g/mol. The van der Waals surface area contributed by atoms with Gasteiger partial charge in [-0.2, -0.15) is 4.98 Å². The van der Waals surface area contributed by atoms with Crippen molar-refractivity contribution in [2.24, 2.45) is 0 Å². The predicted molar refractivity (Wildman–Crippen MR) is 146 cm³/mol. The zero-order valence-electron chi connectivity index (χ0n) is 20.8. The number of benzene rings is 4. The van der Waals surface area contributed by atoms with Gasteiger partial charge in [0.15, 0.2) is 5.82 Å². The lowest BCUT2D eigenvalue weighted by Gasteiger charge is -2.32. The van der Waals surface area contributed by atoms with Crippen LogP contribution in [0.5, 0.6) is 0 Å². The number of aryl methyl sites for hydroxylation is 2. The van der Waals surface area contributed by atoms with Gasteiger partial charge in [0, 0.05) is 24.4 Å². The van der Waals surface area contributed by atoms with Crippen LogP contribution in [-0.2, 0) is 24.2 Å². The van der Waals surface area contributed by atoms with Gasteiger partial charge in [0.05, 0.1) is 12.7 Å². The zero-order valence-corrected chi connectivity index (χ0v) is 20.8. The van der Waals surface area contributed by atoms with Crippen LogP contribution in [0.3, 0.4) is 0 Å². The fraction of sp³-hybridized carbons (Fsp3) is 0.250. The third-order valence-electron chi connectivity index (χ3n) is 7.24. The quantitative estimate of drug-likeness (QED) is 0.276. The summed E-state index contributed by atoms with van der Waals surface area (Å²) in [6, 6.07) is 34.0. The molecule has 2 unspecified atom stereocenters. The van der Waals surface area contributed by atoms with E-state index >= 15 is 0 Å². The molecular formula is C32H31N3O2. The van der Waals surface area contributed by atoms with E-state index in [1.54, 1.807) is 0 Å². The molecule has 2 atom stereocenters. The molecule has 6 rings (SSSR count). The number of ether oxygens (including phenoxy) is 1. The standard InChI is InChI=1S/C32H31N3O2/c1-2-7-27(8-3-1)32-34-31(35-37-32)17-13-23-10-15-26(16-11-23)29-18-19-33-21-30(29)36-22-24-12-14-25-6-4-5-9-28(25)20-24/h1-12,14-16,20,29-30,33H,13,17-19,21-22H2. The van der Waals surface area contributed by atoms with Crippen molar-refractivity contribution in [2.75, 3.05) is 13.1 Å². The van der Waals surface area contributed by atoms with E-state index in [0.29, 0.717) is 18.4 Å². The summed E-state index contributed by atoms with van der Waals surface area (Å²) in [5.74, 6) is 1.71. The largest absolute Gasteiger partial charge is 0.372 e. The van der Waals surface area contributed by atoms with E-state index in [1.807, 2.05) is 30.3 Å². The van der Waals surface area contributed by atoms with Crippen molar-refractivity contribution < 1.29 is 9.26 Å². The van der Waals surface area contributed by atoms with Gasteiger partial charge in [0.1, 0.15) is 0 Å². The van der Waals surface area contributed by atoms with Crippen molar-refractivity contribution in [3.63, 3.8) is 0 Å². The predicted octanol–water partition coefficient (Wildman–Crippen LogP) is 6.34. The third kappa shape index (κ3) is 5.63. The van der Waals surface area contributed by atoms with Crippen molar-refractivity contribution in [2.45, 2.75) is 37.9 Å². The number of fused-ring (bicyclic) bond motifs is 1. The number of piperidine rings is 1. The second-order valence-electron chi connectivity index (χ2n) is 9.75. The van der Waals surface area contributed by atoms with Gasteiger partial charge >= 0.3 is 0 Å². The molecule has 4 aromatic carbocycles. The van der Waals surface area contributed by atoms with Gasteiger partial charge in [0.25, 0.3) is 5.89 Å². The summed E-state index contributed by atoms with van der Waals surface area (Å²) in [7, 11) is 0. The Labute approximate surface area is 217 Å². The number of hydrogen-bond acceptors (Lipinski definition) is 5. The van der Waals surface area contributed by atoms with Crippen LogP contribution in [0, 0.1) is 0 Å². The summed E-state index contributed by atoms with van der Waals surface area (Å²) in [4.78, 5) is 4.56. The lowest BCUT2D eigenvalue weighted by molar-refractivity contribution is 0.0106. The molecule has 1 saturated heterocycles. The molecule has 0 bridgehead atoms. The van der Waals surface area contributed by atoms with Crippen LogP contribution in [0.1, 0.15) is 34.9 Å². The van der Waals surface area contributed by atoms with Gasteiger partial charge < -0.3 is 14.6 Å². The smallest absolute Gasteiger partial charge is 0.257 e. The Balaban J connectivity index is 1.07. The molecule has 0 amide bonds. The van der Waals surface area contributed by atoms with E-state index in [1.165, 1.54) is 27.5 Å². The van der Waals surface area contributed by atoms with Gasteiger partial charge in [-0.1, -0.05) is 84.0 Å². The van der Waals surface area contributed by atoms with Crippen LogP contribution in [-0.4, -0.2) is 29.3 Å². The van der Waals surface area contributed by atoms with Crippen molar-refractivity contribution in [3.8, 4) is 11.5 Å². The Hall–Kier alpha value is -3.80. The van der Waals surface area contributed by atoms with Crippen molar-refractivity contribution in [3.05, 3.63) is 120 Å². The minimum Gasteiger partial charge on any atom is -0.372 e. The van der Waals surface area contributed by atoms with E-state index < -0.39 is 0 Å². The van der Waals surface area contributed by atoms with Crippen molar-refractivity contribution in [1.29, 1.82) is 0 Å². The van der Waals surface area contributed by atoms with Crippen LogP contribution in [0.25, 0.3) is 22.2 Å². The third-order valence-corrected chi connectivity index (χ3v) is 7.24. The Kier molecular flexibility index (Phi) is 7.06. The topological polar surface area (TPSA) is 60.2 Å². The van der Waals surface area contributed by atoms with Crippen LogP contribution >= 0.6 is 0 Å². The zero-order chi connectivity index (χ0) is 24.9. The molecule has 1 aliphatic rings. The number of aromatic nitrogens is 2. The van der Waals surface area contributed by atoms with E-state index in [2.05, 4.69) is 82.2 Å². The molecule has 1 N–H and O–H groups in total. The molecule has 0 saturated carbocycles. The van der Waals surface area contributed by atoms with Crippen LogP contribution in [0.4, 0.5) is 0 Å². The molecule has 5 heteroatoms. The van der Waals surface area contributed by atoms with Gasteiger partial charge in [-0.25, -0.2) is 0 Å². The van der Waals surface area contributed by atoms with E-state index in [4.69, 9.17) is 9.26 Å². The molecule has 37 heavy (non-hydrogen) atoms. The number of hydrogen-bond donors (Lipinski definition) is 1. The highest BCUT2D eigenvalue weighted by Crippen LogP contribution is 2.29. The average molecular weight is 490 g/mol. The normalized spacial score (nSPS) is 17.7. The van der Waals surface area contributed by atoms with Gasteiger partial charge in [0.2, 0.25) is 0 Å². The first-order valence-corrected chi connectivity index (χ1v) is 13.1. The number of rotatable bonds is 8. The Morgan fingerprint density at radius 2 is 1.59 bits per heavy atom. The molecule has 186 valence electrons. The minimum atomic E-state index is 0.154. The first kappa shape index (κ1) is 23.6. The highest BCUT2D eigenvalue weighted by Gasteiger charge is 2.27. The first-order valence-electron chi connectivity index (χ1n) is 13.1. The van der Waals surface area contributed by atoms with Gasteiger partial charge in [-0.15, -0.1) is 0 Å². The molecule has 2 heterocycles. The van der Waals surface area contributed by atoms with Crippen LogP contribution < -0.4 is 5.32 Å². The maximum atomic E-state index is 6.47.